The van der Waals surface area contributed by atoms with E-state index in [2.05, 4.69) is 84.9 Å². The lowest BCUT2D eigenvalue weighted by molar-refractivity contribution is 0.529. The monoisotopic (exact) mass is 424 g/mol. The van der Waals surface area contributed by atoms with Gasteiger partial charge in [0.15, 0.2) is 0 Å². The van der Waals surface area contributed by atoms with Crippen molar-refractivity contribution >= 4 is 23.2 Å². The maximum atomic E-state index is 6.93. The first-order valence-electron chi connectivity index (χ1n) is 10.5. The van der Waals surface area contributed by atoms with Gasteiger partial charge < -0.3 is 0 Å². The maximum absolute atomic E-state index is 6.93. The molecule has 6 aliphatic rings. The van der Waals surface area contributed by atoms with Crippen LogP contribution in [0.2, 0.25) is 10.0 Å². The second-order valence-corrected chi connectivity index (χ2v) is 9.47. The van der Waals surface area contributed by atoms with E-state index in [0.29, 0.717) is 0 Å². The predicted molar refractivity (Wildman–Crippen MR) is 123 cm³/mol. The van der Waals surface area contributed by atoms with E-state index in [0.717, 1.165) is 10.0 Å². The Bertz CT molecular complexity index is 1250. The van der Waals surface area contributed by atoms with E-state index in [1.54, 1.807) is 0 Å². The highest BCUT2D eigenvalue weighted by atomic mass is 35.5. The fraction of sp³-hybridized carbons (Fsp3) is 0.143. The van der Waals surface area contributed by atoms with Gasteiger partial charge in [-0.25, -0.2) is 0 Å². The molecule has 4 bridgehead atoms. The molecule has 0 spiro atoms. The molecular weight excluding hydrogens is 407 g/mol. The number of benzene rings is 4. The molecule has 0 aromatic heterocycles. The zero-order valence-corrected chi connectivity index (χ0v) is 17.7. The normalized spacial score (nSPS) is 24.3. The Hall–Kier alpha value is -2.54. The van der Waals surface area contributed by atoms with Gasteiger partial charge in [0.2, 0.25) is 0 Å². The van der Waals surface area contributed by atoms with Crippen molar-refractivity contribution in [2.75, 3.05) is 0 Å². The molecule has 4 aromatic carbocycles. The first-order valence-corrected chi connectivity index (χ1v) is 11.3. The van der Waals surface area contributed by atoms with Crippen LogP contribution in [0.25, 0.3) is 0 Å². The molecule has 0 fully saturated rings. The van der Waals surface area contributed by atoms with Gasteiger partial charge in [0, 0.05) is 33.7 Å². The lowest BCUT2D eigenvalue weighted by atomic mass is 9.53. The molecule has 4 atom stereocenters. The zero-order chi connectivity index (χ0) is 20.0. The molecule has 30 heavy (non-hydrogen) atoms. The van der Waals surface area contributed by atoms with E-state index in [1.165, 1.54) is 44.5 Å². The van der Waals surface area contributed by atoms with Crippen molar-refractivity contribution in [3.05, 3.63) is 139 Å². The van der Waals surface area contributed by atoms with Crippen LogP contribution in [0.4, 0.5) is 0 Å². The van der Waals surface area contributed by atoms with Crippen LogP contribution in [-0.4, -0.2) is 0 Å². The number of halogens is 2. The highest BCUT2D eigenvalue weighted by Gasteiger charge is 2.50. The largest absolute Gasteiger partial charge is 0.0840 e. The van der Waals surface area contributed by atoms with Gasteiger partial charge in [-0.05, 0) is 56.6 Å². The molecule has 0 nitrogen and oxygen atoms in total. The Balaban J connectivity index is 1.71. The SMILES string of the molecule is Clc1cccc2c1[C@H]1c3ccccc3[C@@H]2[C@H]2c3ccccc3[C@@H]1c1cccc(Cl)c12. The minimum absolute atomic E-state index is 0.181. The van der Waals surface area contributed by atoms with Crippen molar-refractivity contribution in [1.29, 1.82) is 0 Å². The van der Waals surface area contributed by atoms with E-state index >= 15 is 0 Å². The first-order chi connectivity index (χ1) is 14.8. The molecule has 2 heteroatoms. The van der Waals surface area contributed by atoms with Crippen molar-refractivity contribution in [3.8, 4) is 0 Å². The topological polar surface area (TPSA) is 0 Å². The molecule has 0 saturated carbocycles. The summed E-state index contributed by atoms with van der Waals surface area (Å²) in [6.07, 6.45) is 0. The average Bonchev–Trinajstić information content (AvgIpc) is 2.75. The van der Waals surface area contributed by atoms with Crippen molar-refractivity contribution in [2.24, 2.45) is 0 Å². The second-order valence-electron chi connectivity index (χ2n) is 8.65. The van der Waals surface area contributed by atoms with E-state index in [-0.39, 0.29) is 23.7 Å². The van der Waals surface area contributed by atoms with Gasteiger partial charge in [-0.1, -0.05) is 96.0 Å². The maximum Gasteiger partial charge on any atom is 0.0447 e. The first kappa shape index (κ1) is 17.2. The standard InChI is InChI=1S/C28H18Cl2/c29-21-13-5-11-19-23-15-7-1-3-9-17(15)27(25(19)21)24-16-8-2-4-10-18(16)28(23)26-20(24)12-6-14-22(26)30/h1-14,23-24,27-28H/t23-,24+,27-,28+. The molecule has 0 saturated heterocycles. The van der Waals surface area contributed by atoms with E-state index < -0.39 is 0 Å². The smallest absolute Gasteiger partial charge is 0.0447 e. The molecule has 0 N–H and O–H groups in total. The van der Waals surface area contributed by atoms with Crippen LogP contribution in [0.3, 0.4) is 0 Å². The molecule has 0 amide bonds. The second kappa shape index (κ2) is 6.00. The molecule has 0 unspecified atom stereocenters. The Morgan fingerprint density at radius 3 is 1.10 bits per heavy atom. The highest BCUT2D eigenvalue weighted by Crippen LogP contribution is 2.65. The fourth-order valence-electron chi connectivity index (χ4n) is 6.52. The summed E-state index contributed by atoms with van der Waals surface area (Å²) < 4.78 is 0. The molecule has 6 aliphatic carbocycles. The van der Waals surface area contributed by atoms with E-state index in [9.17, 15) is 0 Å². The summed E-state index contributed by atoms with van der Waals surface area (Å²) in [6.45, 7) is 0. The van der Waals surface area contributed by atoms with Crippen molar-refractivity contribution < 1.29 is 0 Å². The Morgan fingerprint density at radius 2 is 0.700 bits per heavy atom. The molecule has 4 aromatic rings. The molecule has 0 heterocycles. The third-order valence-electron chi connectivity index (χ3n) is 7.46. The molecule has 144 valence electrons. The number of rotatable bonds is 0. The molecular formula is C28H18Cl2. The lowest BCUT2D eigenvalue weighted by Crippen LogP contribution is -2.36. The van der Waals surface area contributed by atoms with Crippen LogP contribution in [0.5, 0.6) is 0 Å². The summed E-state index contributed by atoms with van der Waals surface area (Å²) in [6, 6.07) is 30.8. The predicted octanol–water partition coefficient (Wildman–Crippen LogP) is 7.86. The Kier molecular flexibility index (Phi) is 3.44. The zero-order valence-electron chi connectivity index (χ0n) is 16.1. The lowest BCUT2D eigenvalue weighted by Gasteiger charge is -2.50. The fourth-order valence-corrected chi connectivity index (χ4v) is 7.12. The minimum Gasteiger partial charge on any atom is -0.0840 e. The highest BCUT2D eigenvalue weighted by molar-refractivity contribution is 6.32. The van der Waals surface area contributed by atoms with Crippen LogP contribution in [0, 0.1) is 0 Å². The van der Waals surface area contributed by atoms with Gasteiger partial charge in [-0.3, -0.25) is 0 Å². The van der Waals surface area contributed by atoms with Crippen molar-refractivity contribution in [3.63, 3.8) is 0 Å². The van der Waals surface area contributed by atoms with Crippen LogP contribution in [0.15, 0.2) is 84.9 Å². The van der Waals surface area contributed by atoms with Crippen molar-refractivity contribution in [2.45, 2.75) is 23.7 Å². The summed E-state index contributed by atoms with van der Waals surface area (Å²) in [5, 5.41) is 1.76. The number of hydrogen-bond acceptors (Lipinski definition) is 0. The van der Waals surface area contributed by atoms with Gasteiger partial charge in [0.1, 0.15) is 0 Å². The summed E-state index contributed by atoms with van der Waals surface area (Å²) >= 11 is 13.9. The van der Waals surface area contributed by atoms with Crippen LogP contribution in [0.1, 0.15) is 68.2 Å². The quantitative estimate of drug-likeness (QED) is 0.269. The van der Waals surface area contributed by atoms with Gasteiger partial charge in [0.25, 0.3) is 0 Å². The summed E-state index contributed by atoms with van der Waals surface area (Å²) in [7, 11) is 0. The van der Waals surface area contributed by atoms with Crippen molar-refractivity contribution in [1.82, 2.24) is 0 Å². The van der Waals surface area contributed by atoms with Gasteiger partial charge in [0.05, 0.1) is 0 Å². The minimum atomic E-state index is 0.181. The third-order valence-corrected chi connectivity index (χ3v) is 8.12. The average molecular weight is 425 g/mol. The summed E-state index contributed by atoms with van der Waals surface area (Å²) in [4.78, 5) is 0. The Labute approximate surface area is 186 Å². The molecule has 0 radical (unpaired) electrons. The van der Waals surface area contributed by atoms with Crippen LogP contribution < -0.4 is 0 Å². The molecule has 0 aliphatic heterocycles. The number of hydrogen-bond donors (Lipinski definition) is 0. The van der Waals surface area contributed by atoms with E-state index in [4.69, 9.17) is 23.2 Å². The van der Waals surface area contributed by atoms with Gasteiger partial charge >= 0.3 is 0 Å². The molecule has 10 rings (SSSR count). The summed E-state index contributed by atoms with van der Waals surface area (Å²) in [5.41, 5.74) is 11.0. The van der Waals surface area contributed by atoms with Crippen LogP contribution >= 0.6 is 23.2 Å². The third kappa shape index (κ3) is 1.99. The van der Waals surface area contributed by atoms with Crippen LogP contribution in [-0.2, 0) is 0 Å². The van der Waals surface area contributed by atoms with Gasteiger partial charge in [-0.2, -0.15) is 0 Å². The van der Waals surface area contributed by atoms with E-state index in [1.807, 2.05) is 0 Å². The Morgan fingerprint density at radius 1 is 0.367 bits per heavy atom. The van der Waals surface area contributed by atoms with Gasteiger partial charge in [-0.15, -0.1) is 0 Å². The summed E-state index contributed by atoms with van der Waals surface area (Å²) in [5.74, 6) is 0.765.